The lowest BCUT2D eigenvalue weighted by molar-refractivity contribution is 0.406. The zero-order valence-corrected chi connectivity index (χ0v) is 18.3. The average Bonchev–Trinajstić information content (AvgIpc) is 3.10. The Morgan fingerprint density at radius 1 is 1.21 bits per heavy atom. The van der Waals surface area contributed by atoms with Gasteiger partial charge in [-0.1, -0.05) is 12.1 Å². The Labute approximate surface area is 181 Å². The summed E-state index contributed by atoms with van der Waals surface area (Å²) in [6, 6.07) is 11.1. The monoisotopic (exact) mass is 496 g/mol. The summed E-state index contributed by atoms with van der Waals surface area (Å²) in [6.45, 7) is 3.81. The molecular formula is C19H25IN6O2. The van der Waals surface area contributed by atoms with E-state index in [1.807, 2.05) is 47.9 Å². The number of methoxy groups -OCH3 is 1. The number of nitrogens with one attached hydrogen (secondary N) is 2. The van der Waals surface area contributed by atoms with Crippen molar-refractivity contribution in [3.05, 3.63) is 54.0 Å². The maximum absolute atomic E-state index is 10.0. The highest BCUT2D eigenvalue weighted by Gasteiger charge is 2.06. The maximum atomic E-state index is 10.0. The quantitative estimate of drug-likeness (QED) is 0.264. The molecule has 0 aliphatic rings. The van der Waals surface area contributed by atoms with Gasteiger partial charge in [-0.15, -0.1) is 34.2 Å². The van der Waals surface area contributed by atoms with E-state index in [1.54, 1.807) is 13.2 Å². The summed E-state index contributed by atoms with van der Waals surface area (Å²) in [6.07, 6.45) is 2.58. The largest absolute Gasteiger partial charge is 0.508 e. The summed E-state index contributed by atoms with van der Waals surface area (Å²) in [4.78, 5) is 4.58. The van der Waals surface area contributed by atoms with Gasteiger partial charge in [0.15, 0.2) is 17.4 Å². The van der Waals surface area contributed by atoms with Gasteiger partial charge in [-0.05, 0) is 37.1 Å². The van der Waals surface area contributed by atoms with E-state index in [0.29, 0.717) is 31.2 Å². The zero-order valence-electron chi connectivity index (χ0n) is 15.9. The number of halogens is 1. The molecule has 0 aliphatic carbocycles. The predicted octanol–water partition coefficient (Wildman–Crippen LogP) is 2.36. The van der Waals surface area contributed by atoms with Gasteiger partial charge in [0.1, 0.15) is 18.0 Å². The standard InChI is InChI=1S/C19H24N6O2.HI/c1-3-20-19(21-10-9-14-7-8-15(27-2)12-16(14)26)22-13-18-24-23-17-6-4-5-11-25(17)18;/h4-8,11-12,26H,3,9-10,13H2,1-2H3,(H2,20,21,22);1H. The van der Waals surface area contributed by atoms with Crippen LogP contribution in [0, 0.1) is 0 Å². The fraction of sp³-hybridized carbons (Fsp3) is 0.316. The minimum Gasteiger partial charge on any atom is -0.508 e. The molecule has 9 heteroatoms. The second-order valence-electron chi connectivity index (χ2n) is 5.91. The molecule has 0 fully saturated rings. The second-order valence-corrected chi connectivity index (χ2v) is 5.91. The summed E-state index contributed by atoms with van der Waals surface area (Å²) in [5.74, 6) is 2.33. The van der Waals surface area contributed by atoms with Crippen molar-refractivity contribution in [2.24, 2.45) is 4.99 Å². The van der Waals surface area contributed by atoms with Gasteiger partial charge in [0, 0.05) is 25.4 Å². The number of ether oxygens (including phenoxy) is 1. The number of guanidine groups is 1. The summed E-state index contributed by atoms with van der Waals surface area (Å²) < 4.78 is 7.02. The van der Waals surface area contributed by atoms with Crippen LogP contribution in [0.1, 0.15) is 18.3 Å². The summed E-state index contributed by atoms with van der Waals surface area (Å²) in [5.41, 5.74) is 1.65. The fourth-order valence-corrected chi connectivity index (χ4v) is 2.69. The second kappa shape index (κ2) is 10.7. The van der Waals surface area contributed by atoms with Crippen LogP contribution >= 0.6 is 24.0 Å². The Morgan fingerprint density at radius 3 is 2.82 bits per heavy atom. The lowest BCUT2D eigenvalue weighted by Gasteiger charge is -2.12. The van der Waals surface area contributed by atoms with Crippen molar-refractivity contribution in [2.45, 2.75) is 19.9 Å². The van der Waals surface area contributed by atoms with E-state index >= 15 is 0 Å². The van der Waals surface area contributed by atoms with Crippen molar-refractivity contribution in [3.63, 3.8) is 0 Å². The number of phenolic OH excluding ortho intramolecular Hbond substituents is 1. The highest BCUT2D eigenvalue weighted by molar-refractivity contribution is 14.0. The minimum absolute atomic E-state index is 0. The number of nitrogens with zero attached hydrogens (tertiary/aromatic N) is 4. The molecule has 0 saturated heterocycles. The smallest absolute Gasteiger partial charge is 0.191 e. The number of aromatic nitrogens is 3. The Hall–Kier alpha value is -2.56. The van der Waals surface area contributed by atoms with Crippen molar-refractivity contribution in [1.82, 2.24) is 25.2 Å². The van der Waals surface area contributed by atoms with Gasteiger partial charge in [-0.25, -0.2) is 4.99 Å². The molecule has 0 aliphatic heterocycles. The molecule has 0 radical (unpaired) electrons. The van der Waals surface area contributed by atoms with Gasteiger partial charge in [-0.3, -0.25) is 4.40 Å². The van der Waals surface area contributed by atoms with Crippen LogP contribution in [0.3, 0.4) is 0 Å². The van der Waals surface area contributed by atoms with Gasteiger partial charge in [0.2, 0.25) is 0 Å². The normalized spacial score (nSPS) is 11.1. The first-order valence-corrected chi connectivity index (χ1v) is 8.88. The molecule has 2 heterocycles. The molecule has 0 bridgehead atoms. The van der Waals surface area contributed by atoms with E-state index in [4.69, 9.17) is 4.74 Å². The topological polar surface area (TPSA) is 96.1 Å². The molecule has 8 nitrogen and oxygen atoms in total. The molecule has 0 atom stereocenters. The number of aliphatic imine (C=N–C) groups is 1. The SMILES string of the molecule is CCNC(=NCc1nnc2ccccn12)NCCc1ccc(OC)cc1O.I. The van der Waals surface area contributed by atoms with Gasteiger partial charge >= 0.3 is 0 Å². The lowest BCUT2D eigenvalue weighted by Crippen LogP contribution is -2.38. The highest BCUT2D eigenvalue weighted by Crippen LogP contribution is 2.23. The fourth-order valence-electron chi connectivity index (χ4n) is 2.69. The van der Waals surface area contributed by atoms with Crippen molar-refractivity contribution in [3.8, 4) is 11.5 Å². The van der Waals surface area contributed by atoms with Crippen molar-refractivity contribution >= 4 is 35.6 Å². The molecule has 3 rings (SSSR count). The third kappa shape index (κ3) is 5.47. The van der Waals surface area contributed by atoms with Gasteiger partial charge in [0.05, 0.1) is 7.11 Å². The van der Waals surface area contributed by atoms with E-state index in [2.05, 4.69) is 25.8 Å². The molecule has 28 heavy (non-hydrogen) atoms. The predicted molar refractivity (Wildman–Crippen MR) is 120 cm³/mol. The van der Waals surface area contributed by atoms with Gasteiger partial charge in [0.25, 0.3) is 0 Å². The van der Waals surface area contributed by atoms with Crippen LogP contribution in [0.5, 0.6) is 11.5 Å². The summed E-state index contributed by atoms with van der Waals surface area (Å²) >= 11 is 0. The maximum Gasteiger partial charge on any atom is 0.191 e. The number of pyridine rings is 1. The number of hydrogen-bond acceptors (Lipinski definition) is 5. The number of rotatable bonds is 7. The Kier molecular flexibility index (Phi) is 8.30. The third-order valence-corrected chi connectivity index (χ3v) is 4.09. The summed E-state index contributed by atoms with van der Waals surface area (Å²) in [5, 5.41) is 24.9. The van der Waals surface area contributed by atoms with Gasteiger partial charge in [-0.2, -0.15) is 0 Å². The van der Waals surface area contributed by atoms with E-state index in [1.165, 1.54) is 0 Å². The van der Waals surface area contributed by atoms with Crippen molar-refractivity contribution in [1.29, 1.82) is 0 Å². The van der Waals surface area contributed by atoms with Crippen LogP contribution < -0.4 is 15.4 Å². The Morgan fingerprint density at radius 2 is 2.07 bits per heavy atom. The van der Waals surface area contributed by atoms with Crippen molar-refractivity contribution < 1.29 is 9.84 Å². The zero-order chi connectivity index (χ0) is 19.1. The number of aromatic hydroxyl groups is 1. The number of fused-ring (bicyclic) bond motifs is 1. The average molecular weight is 496 g/mol. The number of hydrogen-bond donors (Lipinski definition) is 3. The van der Waals surface area contributed by atoms with E-state index in [0.717, 1.165) is 23.6 Å². The van der Waals surface area contributed by atoms with E-state index in [-0.39, 0.29) is 29.7 Å². The van der Waals surface area contributed by atoms with Crippen LogP contribution in [-0.2, 0) is 13.0 Å². The van der Waals surface area contributed by atoms with Crippen LogP contribution in [-0.4, -0.2) is 45.9 Å². The molecule has 0 saturated carbocycles. The molecular weight excluding hydrogens is 471 g/mol. The Balaban J connectivity index is 0.00000280. The van der Waals surface area contributed by atoms with E-state index < -0.39 is 0 Å². The molecule has 150 valence electrons. The van der Waals surface area contributed by atoms with Crippen LogP contribution in [0.4, 0.5) is 0 Å². The van der Waals surface area contributed by atoms with Crippen LogP contribution in [0.15, 0.2) is 47.6 Å². The first kappa shape index (κ1) is 21.7. The molecule has 0 amide bonds. The first-order chi connectivity index (χ1) is 13.2. The Bertz CT molecular complexity index is 928. The number of phenols is 1. The van der Waals surface area contributed by atoms with Crippen LogP contribution in [0.25, 0.3) is 5.65 Å². The van der Waals surface area contributed by atoms with Crippen LogP contribution in [0.2, 0.25) is 0 Å². The minimum atomic E-state index is 0. The first-order valence-electron chi connectivity index (χ1n) is 8.88. The molecule has 3 aromatic rings. The number of benzene rings is 1. The molecule has 1 aromatic carbocycles. The molecule has 0 unspecified atom stereocenters. The molecule has 2 aromatic heterocycles. The highest BCUT2D eigenvalue weighted by atomic mass is 127. The third-order valence-electron chi connectivity index (χ3n) is 4.09. The lowest BCUT2D eigenvalue weighted by atomic mass is 10.1. The van der Waals surface area contributed by atoms with Gasteiger partial charge < -0.3 is 20.5 Å². The molecule has 0 spiro atoms. The van der Waals surface area contributed by atoms with Crippen molar-refractivity contribution in [2.75, 3.05) is 20.2 Å². The molecule has 3 N–H and O–H groups in total. The summed E-state index contributed by atoms with van der Waals surface area (Å²) in [7, 11) is 1.58. The van der Waals surface area contributed by atoms with E-state index in [9.17, 15) is 5.11 Å².